The van der Waals surface area contributed by atoms with Crippen molar-refractivity contribution in [2.75, 3.05) is 6.61 Å². The van der Waals surface area contributed by atoms with Gasteiger partial charge in [0, 0.05) is 0 Å². The van der Waals surface area contributed by atoms with Gasteiger partial charge in [0.15, 0.2) is 0 Å². The largest absolute Gasteiger partial charge is 0.471 e. The van der Waals surface area contributed by atoms with E-state index in [1.54, 1.807) is 0 Å². The molecule has 0 aliphatic rings. The normalized spacial score (nSPS) is 18.2. The summed E-state index contributed by atoms with van der Waals surface area (Å²) in [6.45, 7) is -1.19. The molecule has 0 aromatic heterocycles. The molecule has 0 fully saturated rings. The van der Waals surface area contributed by atoms with Crippen LogP contribution in [-0.2, 0) is 18.7 Å². The average Bonchev–Trinajstić information content (AvgIpc) is 2.38. The molecule has 0 aromatic rings. The molecule has 0 aliphatic carbocycles. The molecule has 4 atom stereocenters. The molecule has 0 spiro atoms. The van der Waals surface area contributed by atoms with Crippen molar-refractivity contribution in [1.82, 2.24) is 5.32 Å². The van der Waals surface area contributed by atoms with E-state index in [0.29, 0.717) is 0 Å². The summed E-state index contributed by atoms with van der Waals surface area (Å²) in [5, 5.41) is 29.1. The third-order valence-electron chi connectivity index (χ3n) is 2.23. The van der Waals surface area contributed by atoms with Gasteiger partial charge in [0.05, 0.1) is 6.61 Å². The minimum atomic E-state index is -5.35. The van der Waals surface area contributed by atoms with Crippen molar-refractivity contribution in [3.63, 3.8) is 0 Å². The number of alkyl halides is 3. The van der Waals surface area contributed by atoms with E-state index in [1.807, 2.05) is 0 Å². The number of aldehydes is 1. The zero-order valence-corrected chi connectivity index (χ0v) is 11.4. The topological polar surface area (TPSA) is 174 Å². The van der Waals surface area contributed by atoms with Gasteiger partial charge in [-0.1, -0.05) is 0 Å². The molecule has 130 valence electrons. The first kappa shape index (κ1) is 20.9. The molecular formula is C8H13F3NO9P. The third-order valence-corrected chi connectivity index (χ3v) is 2.71. The summed E-state index contributed by atoms with van der Waals surface area (Å²) in [4.78, 5) is 37.9. The fourth-order valence-electron chi connectivity index (χ4n) is 1.15. The molecule has 0 rings (SSSR count). The second-order valence-corrected chi connectivity index (χ2v) is 5.21. The van der Waals surface area contributed by atoms with Crippen LogP contribution >= 0.6 is 7.82 Å². The number of nitrogens with one attached hydrogen (secondary N) is 1. The second-order valence-electron chi connectivity index (χ2n) is 3.97. The number of aliphatic hydroxyl groups is 3. The Morgan fingerprint density at radius 3 is 2.09 bits per heavy atom. The Kier molecular flexibility index (Phi) is 7.57. The highest BCUT2D eigenvalue weighted by molar-refractivity contribution is 7.46. The number of halogens is 3. The van der Waals surface area contributed by atoms with E-state index in [-0.39, 0.29) is 6.29 Å². The van der Waals surface area contributed by atoms with Crippen LogP contribution in [0.2, 0.25) is 0 Å². The lowest BCUT2D eigenvalue weighted by molar-refractivity contribution is -0.176. The first-order valence-electron chi connectivity index (χ1n) is 5.37. The van der Waals surface area contributed by atoms with Gasteiger partial charge in [-0.05, 0) is 0 Å². The van der Waals surface area contributed by atoms with Gasteiger partial charge in [-0.2, -0.15) is 13.2 Å². The molecule has 0 aliphatic heterocycles. The summed E-state index contributed by atoms with van der Waals surface area (Å²) in [6.07, 6.45) is -12.6. The van der Waals surface area contributed by atoms with E-state index in [1.165, 1.54) is 0 Å². The Bertz CT molecular complexity index is 439. The minimum absolute atomic E-state index is 0.325. The number of amides is 1. The van der Waals surface area contributed by atoms with Crippen LogP contribution in [0.25, 0.3) is 0 Å². The maximum absolute atomic E-state index is 12.0. The second kappa shape index (κ2) is 7.97. The Morgan fingerprint density at radius 1 is 1.23 bits per heavy atom. The summed E-state index contributed by atoms with van der Waals surface area (Å²) in [5.41, 5.74) is 0. The summed E-state index contributed by atoms with van der Waals surface area (Å²) < 4.78 is 50.1. The number of hydrogen-bond donors (Lipinski definition) is 6. The molecule has 0 unspecified atom stereocenters. The molecule has 0 aromatic carbocycles. The Balaban J connectivity index is 4.74. The maximum atomic E-state index is 12.0. The lowest BCUT2D eigenvalue weighted by Gasteiger charge is -2.27. The molecule has 0 heterocycles. The van der Waals surface area contributed by atoms with Gasteiger partial charge >= 0.3 is 19.9 Å². The number of rotatable bonds is 8. The van der Waals surface area contributed by atoms with Gasteiger partial charge in [0.2, 0.25) is 0 Å². The quantitative estimate of drug-likeness (QED) is 0.202. The van der Waals surface area contributed by atoms with Crippen molar-refractivity contribution in [2.24, 2.45) is 0 Å². The number of carbonyl (C=O) groups is 2. The molecule has 0 saturated heterocycles. The van der Waals surface area contributed by atoms with Crippen LogP contribution in [0.1, 0.15) is 0 Å². The zero-order valence-electron chi connectivity index (χ0n) is 10.5. The van der Waals surface area contributed by atoms with Crippen LogP contribution in [0.4, 0.5) is 13.2 Å². The van der Waals surface area contributed by atoms with Gasteiger partial charge in [0.25, 0.3) is 0 Å². The predicted molar refractivity (Wildman–Crippen MR) is 60.1 cm³/mol. The van der Waals surface area contributed by atoms with E-state index < -0.39 is 50.9 Å². The first-order chi connectivity index (χ1) is 9.79. The third kappa shape index (κ3) is 7.26. The van der Waals surface area contributed by atoms with Crippen LogP contribution in [0.15, 0.2) is 0 Å². The summed E-state index contributed by atoms with van der Waals surface area (Å²) in [6, 6.07) is -2.23. The number of phosphoric acid groups is 1. The van der Waals surface area contributed by atoms with Gasteiger partial charge in [-0.25, -0.2) is 4.57 Å². The lowest BCUT2D eigenvalue weighted by atomic mass is 10.0. The molecule has 1 amide bonds. The maximum Gasteiger partial charge on any atom is 0.471 e. The van der Waals surface area contributed by atoms with Crippen molar-refractivity contribution < 1.29 is 57.0 Å². The zero-order chi connectivity index (χ0) is 17.7. The van der Waals surface area contributed by atoms with Crippen molar-refractivity contribution in [3.05, 3.63) is 0 Å². The number of carbonyl (C=O) groups excluding carboxylic acids is 2. The van der Waals surface area contributed by atoms with Gasteiger partial charge in [-0.15, -0.1) is 0 Å². The highest BCUT2D eigenvalue weighted by Crippen LogP contribution is 2.35. The van der Waals surface area contributed by atoms with Crippen LogP contribution in [0.3, 0.4) is 0 Å². The van der Waals surface area contributed by atoms with E-state index in [0.717, 1.165) is 5.32 Å². The van der Waals surface area contributed by atoms with E-state index in [4.69, 9.17) is 9.79 Å². The van der Waals surface area contributed by atoms with E-state index in [2.05, 4.69) is 4.52 Å². The number of phosphoric ester groups is 1. The van der Waals surface area contributed by atoms with Crippen molar-refractivity contribution in [2.45, 2.75) is 30.5 Å². The number of aliphatic hydroxyl groups excluding tert-OH is 3. The Morgan fingerprint density at radius 2 is 1.73 bits per heavy atom. The Hall–Kier alpha value is -1.08. The van der Waals surface area contributed by atoms with Gasteiger partial charge in [-0.3, -0.25) is 9.32 Å². The monoisotopic (exact) mass is 355 g/mol. The fraction of sp³-hybridized carbons (Fsp3) is 0.750. The standard InChI is InChI=1S/C8H13F3NO9P/c9-8(10,11)7(17)12-3(1-13)5(15)6(16)4(14)2-21-22(18,19)20/h1,3-6,14-16H,2H2,(H,12,17)(H2,18,19,20)/t3-,4+,5+,6+/m0/s1. The van der Waals surface area contributed by atoms with Crippen molar-refractivity contribution in [3.8, 4) is 0 Å². The lowest BCUT2D eigenvalue weighted by Crippen LogP contribution is -2.55. The molecule has 6 N–H and O–H groups in total. The molecule has 14 heteroatoms. The summed E-state index contributed by atoms with van der Waals surface area (Å²) in [5.74, 6) is -2.57. The molecule has 0 saturated carbocycles. The van der Waals surface area contributed by atoms with E-state index >= 15 is 0 Å². The molecule has 0 radical (unpaired) electrons. The van der Waals surface area contributed by atoms with Crippen LogP contribution in [0.5, 0.6) is 0 Å². The molecule has 10 nitrogen and oxygen atoms in total. The number of hydrogen-bond acceptors (Lipinski definition) is 7. The van der Waals surface area contributed by atoms with Crippen LogP contribution in [-0.4, -0.2) is 74.4 Å². The molecule has 22 heavy (non-hydrogen) atoms. The van der Waals surface area contributed by atoms with Crippen molar-refractivity contribution >= 4 is 20.0 Å². The fourth-order valence-corrected chi connectivity index (χ4v) is 1.49. The Labute approximate surface area is 120 Å². The van der Waals surface area contributed by atoms with Crippen molar-refractivity contribution in [1.29, 1.82) is 0 Å². The van der Waals surface area contributed by atoms with Crippen LogP contribution in [0, 0.1) is 0 Å². The van der Waals surface area contributed by atoms with Gasteiger partial charge in [0.1, 0.15) is 30.6 Å². The molecule has 0 bridgehead atoms. The first-order valence-corrected chi connectivity index (χ1v) is 6.90. The highest BCUT2D eigenvalue weighted by Gasteiger charge is 2.42. The highest BCUT2D eigenvalue weighted by atomic mass is 31.2. The summed E-state index contributed by atoms with van der Waals surface area (Å²) >= 11 is 0. The average molecular weight is 355 g/mol. The van der Waals surface area contributed by atoms with E-state index in [9.17, 15) is 42.6 Å². The van der Waals surface area contributed by atoms with Gasteiger partial charge < -0.3 is 35.2 Å². The minimum Gasteiger partial charge on any atom is -0.388 e. The molecular weight excluding hydrogens is 342 g/mol. The van der Waals surface area contributed by atoms with Crippen LogP contribution < -0.4 is 5.32 Å². The SMILES string of the molecule is O=C[C@H](NC(=O)C(F)(F)F)[C@@H](O)[C@H](O)[C@H](O)COP(=O)(O)O. The smallest absolute Gasteiger partial charge is 0.388 e. The predicted octanol–water partition coefficient (Wildman–Crippen LogP) is -2.58. The summed E-state index contributed by atoms with van der Waals surface area (Å²) in [7, 11) is -5.01.